The number of carboxylic acid groups (broad SMARTS) is 1. The smallest absolute Gasteiger partial charge is 0.332 e. The van der Waals surface area contributed by atoms with Crippen LogP contribution in [0.15, 0.2) is 76.6 Å². The first kappa shape index (κ1) is 51.0. The number of hydroxylamine groups is 2. The van der Waals surface area contributed by atoms with Crippen LogP contribution in [0.4, 0.5) is 28.4 Å². The van der Waals surface area contributed by atoms with Crippen LogP contribution in [0.1, 0.15) is 113 Å². The molecule has 2 fully saturated rings. The average Bonchev–Trinajstić information content (AvgIpc) is 3.36. The monoisotopic (exact) mass is 938 g/mol. The Morgan fingerprint density at radius 2 is 1.60 bits per heavy atom. The van der Waals surface area contributed by atoms with E-state index in [2.05, 4.69) is 31.6 Å². The molecule has 2 atom stereocenters. The quantitative estimate of drug-likeness (QED) is 0.0211. The van der Waals surface area contributed by atoms with Crippen LogP contribution in [0.5, 0.6) is 5.75 Å². The summed E-state index contributed by atoms with van der Waals surface area (Å²) in [6.45, 7) is 4.18. The van der Waals surface area contributed by atoms with Gasteiger partial charge >= 0.3 is 5.97 Å². The molecule has 68 heavy (non-hydrogen) atoms. The summed E-state index contributed by atoms with van der Waals surface area (Å²) >= 11 is 0. The number of nitrogens with one attached hydrogen (secondary N) is 5. The Morgan fingerprint density at radius 1 is 0.824 bits per heavy atom. The molecule has 6 rings (SSSR count). The van der Waals surface area contributed by atoms with E-state index in [9.17, 15) is 33.9 Å². The first-order valence-corrected chi connectivity index (χ1v) is 24.0. The van der Waals surface area contributed by atoms with Crippen molar-refractivity contribution in [2.45, 2.75) is 122 Å². The van der Waals surface area contributed by atoms with Crippen molar-refractivity contribution in [1.29, 1.82) is 0 Å². The predicted octanol–water partition coefficient (Wildman–Crippen LogP) is 6.56. The van der Waals surface area contributed by atoms with Crippen LogP contribution in [0, 0.1) is 0 Å². The second-order valence-electron chi connectivity index (χ2n) is 17.2. The fourth-order valence-electron chi connectivity index (χ4n) is 8.37. The highest BCUT2D eigenvalue weighted by Gasteiger charge is 2.30. The van der Waals surface area contributed by atoms with Crippen molar-refractivity contribution in [2.75, 3.05) is 61.1 Å². The van der Waals surface area contributed by atoms with Gasteiger partial charge < -0.3 is 46.1 Å². The van der Waals surface area contributed by atoms with Gasteiger partial charge in [-0.1, -0.05) is 44.2 Å². The Labute approximate surface area is 397 Å². The molecule has 2 heterocycles. The van der Waals surface area contributed by atoms with E-state index in [1.165, 1.54) is 0 Å². The minimum atomic E-state index is -1.04. The van der Waals surface area contributed by atoms with Crippen LogP contribution in [0.2, 0.25) is 0 Å². The lowest BCUT2D eigenvalue weighted by Gasteiger charge is -2.34. The predicted molar refractivity (Wildman–Crippen MR) is 260 cm³/mol. The van der Waals surface area contributed by atoms with Gasteiger partial charge in [-0.15, -0.1) is 0 Å². The molecule has 1 saturated heterocycles. The van der Waals surface area contributed by atoms with Crippen LogP contribution in [0.3, 0.4) is 0 Å². The molecule has 1 aliphatic carbocycles. The average molecular weight is 939 g/mol. The number of hydrogen-bond acceptors (Lipinski definition) is 14. The summed E-state index contributed by atoms with van der Waals surface area (Å²) in [4.78, 5) is 88.0. The number of carbonyl (C=O) groups excluding carboxylic acids is 3. The number of aromatic nitrogens is 1. The van der Waals surface area contributed by atoms with Crippen molar-refractivity contribution in [2.24, 2.45) is 0 Å². The molecular formula is C50H66N8O10. The summed E-state index contributed by atoms with van der Waals surface area (Å²) in [5.74, 6) is -1.11. The van der Waals surface area contributed by atoms with Crippen molar-refractivity contribution in [3.8, 4) is 5.75 Å². The Bertz CT molecular complexity index is 2350. The van der Waals surface area contributed by atoms with E-state index in [4.69, 9.17) is 14.3 Å². The van der Waals surface area contributed by atoms with E-state index in [1.807, 2.05) is 25.1 Å². The maximum atomic E-state index is 13.8. The van der Waals surface area contributed by atoms with Gasteiger partial charge in [0.2, 0.25) is 18.1 Å². The van der Waals surface area contributed by atoms with Gasteiger partial charge in [0.25, 0.3) is 16.8 Å². The van der Waals surface area contributed by atoms with Crippen molar-refractivity contribution in [3.63, 3.8) is 0 Å². The first-order valence-electron chi connectivity index (χ1n) is 24.0. The van der Waals surface area contributed by atoms with Crippen LogP contribution in [-0.2, 0) is 30.5 Å². The lowest BCUT2D eigenvalue weighted by atomic mass is 9.95. The van der Waals surface area contributed by atoms with Crippen LogP contribution >= 0.6 is 0 Å². The van der Waals surface area contributed by atoms with Gasteiger partial charge in [-0.3, -0.25) is 33.8 Å². The fourth-order valence-corrected chi connectivity index (χ4v) is 8.37. The highest BCUT2D eigenvalue weighted by molar-refractivity contribution is 5.95. The summed E-state index contributed by atoms with van der Waals surface area (Å²) in [6, 6.07) is 16.1. The molecule has 6 N–H and O–H groups in total. The second-order valence-corrected chi connectivity index (χ2v) is 17.2. The van der Waals surface area contributed by atoms with Crippen molar-refractivity contribution >= 4 is 52.1 Å². The normalized spacial score (nSPS) is 16.1. The number of aliphatic carboxylic acids is 1. The maximum Gasteiger partial charge on any atom is 0.332 e. The molecule has 0 spiro atoms. The molecule has 18 heteroatoms. The number of amides is 3. The number of carboxylic acids is 1. The summed E-state index contributed by atoms with van der Waals surface area (Å²) in [5.41, 5.74) is 2.63. The molecule has 3 amide bonds. The lowest BCUT2D eigenvalue weighted by molar-refractivity contribution is -0.204. The maximum absolute atomic E-state index is 13.8. The summed E-state index contributed by atoms with van der Waals surface area (Å²) in [6.07, 6.45) is 11.7. The van der Waals surface area contributed by atoms with E-state index < -0.39 is 29.2 Å². The molecule has 4 aromatic rings. The SMILES string of the molecule is CCN(CCON(C(=O)CCCCCCNc1c(Nc2ccncc2)c(=O)c1=O)C1CCCCC1)C(=O)c1cccc(NCc2ccc(OC3CCCC(C(=O)O)O3)c(NC(=O)CCNC)c2)c1. The molecule has 2 unspecified atom stereocenters. The zero-order valence-corrected chi connectivity index (χ0v) is 39.2. The number of nitrogens with zero attached hydrogens (tertiary/aromatic N) is 3. The Kier molecular flexibility index (Phi) is 19.7. The van der Waals surface area contributed by atoms with Crippen molar-refractivity contribution < 1.29 is 38.6 Å². The van der Waals surface area contributed by atoms with Crippen molar-refractivity contribution in [1.82, 2.24) is 20.3 Å². The number of ether oxygens (including phenoxy) is 2. The zero-order chi connectivity index (χ0) is 48.3. The molecule has 1 aliphatic heterocycles. The topological polar surface area (TPSA) is 230 Å². The number of anilines is 5. The van der Waals surface area contributed by atoms with Gasteiger partial charge in [0, 0.05) is 81.3 Å². The van der Waals surface area contributed by atoms with Gasteiger partial charge in [-0.25, -0.2) is 9.86 Å². The van der Waals surface area contributed by atoms with E-state index in [0.717, 1.165) is 62.6 Å². The number of pyridine rings is 1. The summed E-state index contributed by atoms with van der Waals surface area (Å²) in [7, 11) is 1.76. The molecule has 18 nitrogen and oxygen atoms in total. The van der Waals surface area contributed by atoms with E-state index in [0.29, 0.717) is 93.2 Å². The van der Waals surface area contributed by atoms with Gasteiger partial charge in [0.05, 0.1) is 18.3 Å². The largest absolute Gasteiger partial charge is 0.479 e. The standard InChI is InChI=1S/C50H66N8O10/c1-3-57(29-30-66-58(38-15-7-6-8-16-38)43(60)18-9-4-5-10-25-53-45-46(48(62)47(45)61)55-36-22-27-52-28-23-36)49(63)35-13-11-14-37(32-35)54-33-34-20-21-40(39(31-34)56-42(59)24-26-51-2)67-44-19-12-17-41(68-44)50(64)65/h11,13-14,20-23,27-28,31-32,38,41,44,51,53-54H,3-10,12,15-19,24-26,29-30,33H2,1-2H3,(H,52,55)(H,56,59)(H,64,65). The molecule has 1 aromatic heterocycles. The molecule has 2 aliphatic rings. The fraction of sp³-hybridized carbons (Fsp3) is 0.500. The number of unbranched alkanes of at least 4 members (excludes halogenated alkanes) is 3. The van der Waals surface area contributed by atoms with E-state index >= 15 is 0 Å². The minimum absolute atomic E-state index is 0.00754. The van der Waals surface area contributed by atoms with Gasteiger partial charge in [-0.05, 0) is 101 Å². The second kappa shape index (κ2) is 26.2. The zero-order valence-electron chi connectivity index (χ0n) is 39.2. The molecule has 0 radical (unpaired) electrons. The van der Waals surface area contributed by atoms with Gasteiger partial charge in [0.15, 0.2) is 6.10 Å². The van der Waals surface area contributed by atoms with Crippen LogP contribution < -0.4 is 42.2 Å². The number of rotatable bonds is 27. The molecular weight excluding hydrogens is 873 g/mol. The molecule has 0 bridgehead atoms. The summed E-state index contributed by atoms with van der Waals surface area (Å²) < 4.78 is 11.7. The third-order valence-corrected chi connectivity index (χ3v) is 12.2. The molecule has 3 aromatic carbocycles. The van der Waals surface area contributed by atoms with E-state index in [1.54, 1.807) is 65.8 Å². The minimum Gasteiger partial charge on any atom is -0.479 e. The molecule has 366 valence electrons. The molecule has 1 saturated carbocycles. The number of carbonyl (C=O) groups is 4. The third-order valence-electron chi connectivity index (χ3n) is 12.2. The van der Waals surface area contributed by atoms with Crippen molar-refractivity contribution in [3.05, 3.63) is 98.6 Å². The van der Waals surface area contributed by atoms with E-state index in [-0.39, 0.29) is 42.5 Å². The van der Waals surface area contributed by atoms with Gasteiger partial charge in [-0.2, -0.15) is 0 Å². The lowest BCUT2D eigenvalue weighted by Crippen LogP contribution is -2.43. The number of likely N-dealkylation sites (N-methyl/N-ethyl adjacent to an activating group) is 1. The van der Waals surface area contributed by atoms with Crippen LogP contribution in [0.25, 0.3) is 0 Å². The Hall–Kier alpha value is -6.37. The Balaban J connectivity index is 0.972. The highest BCUT2D eigenvalue weighted by atomic mass is 16.7. The third kappa shape index (κ3) is 14.8. The van der Waals surface area contributed by atoms with Gasteiger partial charge in [0.1, 0.15) is 17.1 Å². The van der Waals surface area contributed by atoms with Crippen LogP contribution in [-0.4, -0.2) is 102 Å². The number of hydrogen-bond donors (Lipinski definition) is 6. The first-order chi connectivity index (χ1) is 33.0. The summed E-state index contributed by atoms with van der Waals surface area (Å²) in [5, 5.41) is 26.4. The number of benzene rings is 2. The Morgan fingerprint density at radius 3 is 2.37 bits per heavy atom. The highest BCUT2D eigenvalue weighted by Crippen LogP contribution is 2.31.